The van der Waals surface area contributed by atoms with Gasteiger partial charge in [-0.3, -0.25) is 40.5 Å². The summed E-state index contributed by atoms with van der Waals surface area (Å²) in [5.74, 6) is -0.949. The molecule has 21 heavy (non-hydrogen) atoms. The number of hydrogen-bond donors (Lipinski definition) is 0. The second kappa shape index (κ2) is 8.44. The van der Waals surface area contributed by atoms with Gasteiger partial charge in [0.15, 0.2) is 0 Å². The molecule has 0 aromatic heterocycles. The van der Waals surface area contributed by atoms with Gasteiger partial charge in [-0.25, -0.2) is 0 Å². The average molecular weight is 308 g/mol. The first kappa shape index (κ1) is 18.3. The summed E-state index contributed by atoms with van der Waals surface area (Å²) < 4.78 is 0. The molecule has 13 nitrogen and oxygen atoms in total. The first-order valence-electron chi connectivity index (χ1n) is 5.70. The van der Waals surface area contributed by atoms with Gasteiger partial charge >= 0.3 is 12.3 Å². The van der Waals surface area contributed by atoms with Gasteiger partial charge in [0.25, 0.3) is 0 Å². The molecule has 0 aliphatic rings. The molecule has 13 heteroatoms. The molecule has 0 aromatic carbocycles. The quantitative estimate of drug-likeness (QED) is 0.220. The zero-order valence-electron chi connectivity index (χ0n) is 10.6. The van der Waals surface area contributed by atoms with E-state index in [1.54, 1.807) is 0 Å². The molecule has 0 aliphatic carbocycles. The Balaban J connectivity index is 4.50. The summed E-state index contributed by atoms with van der Waals surface area (Å²) in [6.45, 7) is 0. The van der Waals surface area contributed by atoms with Crippen LogP contribution in [0.4, 0.5) is 0 Å². The molecule has 0 aliphatic heterocycles. The molecule has 0 heterocycles. The molecule has 0 N–H and O–H groups in total. The number of nitrogens with zero attached hydrogens (tertiary/aromatic N) is 4. The van der Waals surface area contributed by atoms with E-state index in [0.717, 1.165) is 0 Å². The minimum atomic E-state index is -2.07. The van der Waals surface area contributed by atoms with Crippen molar-refractivity contribution in [1.82, 2.24) is 0 Å². The molecule has 118 valence electrons. The van der Waals surface area contributed by atoms with Crippen LogP contribution in [0.5, 0.6) is 0 Å². The Hall–Kier alpha value is -2.73. The predicted molar refractivity (Wildman–Crippen MR) is 63.6 cm³/mol. The van der Waals surface area contributed by atoms with Gasteiger partial charge in [0.1, 0.15) is 6.29 Å². The standard InChI is InChI=1S/C8H12N4O9/c13-5-6(1-3-7(9(14)15)10(16)17)2-4-8(11(18)19)12(20)21/h5-8H,1-4H2. The molecule has 0 aromatic rings. The van der Waals surface area contributed by atoms with Gasteiger partial charge in [0.05, 0.1) is 32.5 Å². The number of aldehydes is 1. The lowest BCUT2D eigenvalue weighted by Gasteiger charge is -2.09. The minimum absolute atomic E-state index is 0.252. The van der Waals surface area contributed by atoms with E-state index >= 15 is 0 Å². The van der Waals surface area contributed by atoms with Gasteiger partial charge in [-0.05, 0) is 12.8 Å². The van der Waals surface area contributed by atoms with Crippen LogP contribution in [0.3, 0.4) is 0 Å². The van der Waals surface area contributed by atoms with E-state index in [4.69, 9.17) is 0 Å². The Morgan fingerprint density at radius 2 is 0.952 bits per heavy atom. The van der Waals surface area contributed by atoms with Crippen molar-refractivity contribution in [3.63, 3.8) is 0 Å². The van der Waals surface area contributed by atoms with Crippen molar-refractivity contribution in [2.45, 2.75) is 38.0 Å². The normalized spacial score (nSPS) is 10.8. The van der Waals surface area contributed by atoms with Gasteiger partial charge in [0.2, 0.25) is 0 Å². The molecule has 0 spiro atoms. The lowest BCUT2D eigenvalue weighted by Crippen LogP contribution is -2.31. The first-order valence-corrected chi connectivity index (χ1v) is 5.70. The monoisotopic (exact) mass is 308 g/mol. The summed E-state index contributed by atoms with van der Waals surface area (Å²) in [7, 11) is 0. The third-order valence-electron chi connectivity index (χ3n) is 2.76. The Labute approximate surface area is 116 Å². The summed E-state index contributed by atoms with van der Waals surface area (Å²) in [6.07, 6.45) is -5.40. The highest BCUT2D eigenvalue weighted by atomic mass is 16.7. The zero-order chi connectivity index (χ0) is 16.6. The van der Waals surface area contributed by atoms with Crippen LogP contribution in [-0.4, -0.2) is 38.3 Å². The maximum Gasteiger partial charge on any atom is 0.450 e. The lowest BCUT2D eigenvalue weighted by atomic mass is 9.97. The predicted octanol–water partition coefficient (Wildman–Crippen LogP) is 0.121. The Morgan fingerprint density at radius 1 is 0.667 bits per heavy atom. The largest absolute Gasteiger partial charge is 0.450 e. The number of nitro groups is 4. The fraction of sp³-hybridized carbons (Fsp3) is 0.875. The lowest BCUT2D eigenvalue weighted by molar-refractivity contribution is -0.743. The minimum Gasteiger partial charge on any atom is -0.303 e. The van der Waals surface area contributed by atoms with E-state index in [1.807, 2.05) is 0 Å². The van der Waals surface area contributed by atoms with E-state index in [2.05, 4.69) is 0 Å². The Morgan fingerprint density at radius 3 is 1.14 bits per heavy atom. The van der Waals surface area contributed by atoms with Crippen LogP contribution in [0.2, 0.25) is 0 Å². The number of hydrogen-bond acceptors (Lipinski definition) is 9. The van der Waals surface area contributed by atoms with E-state index in [1.165, 1.54) is 0 Å². The molecule has 0 amide bonds. The van der Waals surface area contributed by atoms with Crippen LogP contribution in [0.25, 0.3) is 0 Å². The average Bonchev–Trinajstić information content (AvgIpc) is 2.35. The first-order chi connectivity index (χ1) is 9.70. The SMILES string of the molecule is O=CC(CCC([N+](=O)[O-])[N+](=O)[O-])CCC([N+](=O)[O-])[N+](=O)[O-]. The Bertz CT molecular complexity index is 375. The van der Waals surface area contributed by atoms with Gasteiger partial charge < -0.3 is 4.79 Å². The summed E-state index contributed by atoms with van der Waals surface area (Å²) in [4.78, 5) is 47.8. The van der Waals surface area contributed by atoms with Gasteiger partial charge in [-0.2, -0.15) is 0 Å². The fourth-order valence-electron chi connectivity index (χ4n) is 1.58. The molecule has 0 atom stereocenters. The van der Waals surface area contributed by atoms with Gasteiger partial charge in [-0.1, -0.05) is 0 Å². The van der Waals surface area contributed by atoms with Crippen molar-refractivity contribution >= 4 is 6.29 Å². The summed E-state index contributed by atoms with van der Waals surface area (Å²) in [5.41, 5.74) is 0. The fourth-order valence-corrected chi connectivity index (χ4v) is 1.58. The van der Waals surface area contributed by atoms with Crippen LogP contribution >= 0.6 is 0 Å². The summed E-state index contributed by atoms with van der Waals surface area (Å²) in [5, 5.41) is 41.5. The molecular weight excluding hydrogens is 296 g/mol. The van der Waals surface area contributed by atoms with E-state index in [0.29, 0.717) is 6.29 Å². The van der Waals surface area contributed by atoms with E-state index < -0.39 is 50.8 Å². The van der Waals surface area contributed by atoms with Crippen molar-refractivity contribution in [2.75, 3.05) is 0 Å². The molecular formula is C8H12N4O9. The molecule has 0 rings (SSSR count). The van der Waals surface area contributed by atoms with Crippen molar-refractivity contribution in [3.8, 4) is 0 Å². The Kier molecular flexibility index (Phi) is 7.35. The molecule has 0 bridgehead atoms. The molecule has 0 radical (unpaired) electrons. The summed E-state index contributed by atoms with van der Waals surface area (Å²) in [6, 6.07) is 0. The molecule has 0 fully saturated rings. The van der Waals surface area contributed by atoms with Crippen LogP contribution in [-0.2, 0) is 4.79 Å². The van der Waals surface area contributed by atoms with Gasteiger partial charge in [-0.15, -0.1) is 0 Å². The van der Waals surface area contributed by atoms with Crippen molar-refractivity contribution in [1.29, 1.82) is 0 Å². The van der Waals surface area contributed by atoms with Gasteiger partial charge in [0, 0.05) is 5.92 Å². The third-order valence-corrected chi connectivity index (χ3v) is 2.76. The number of rotatable bonds is 11. The van der Waals surface area contributed by atoms with Crippen molar-refractivity contribution in [3.05, 3.63) is 40.5 Å². The highest BCUT2D eigenvalue weighted by Crippen LogP contribution is 2.16. The van der Waals surface area contributed by atoms with Crippen molar-refractivity contribution in [2.24, 2.45) is 5.92 Å². The molecule has 0 unspecified atom stereocenters. The van der Waals surface area contributed by atoms with Crippen LogP contribution in [0.1, 0.15) is 25.7 Å². The highest BCUT2D eigenvalue weighted by molar-refractivity contribution is 5.53. The zero-order valence-corrected chi connectivity index (χ0v) is 10.6. The smallest absolute Gasteiger partial charge is 0.303 e. The topological polar surface area (TPSA) is 190 Å². The maximum absolute atomic E-state index is 10.7. The molecule has 0 saturated heterocycles. The number of carbonyl (C=O) groups is 1. The summed E-state index contributed by atoms with van der Waals surface area (Å²) >= 11 is 0. The molecule has 0 saturated carbocycles. The van der Waals surface area contributed by atoms with Crippen LogP contribution in [0.15, 0.2) is 0 Å². The van der Waals surface area contributed by atoms with Crippen LogP contribution in [0, 0.1) is 46.4 Å². The number of carbonyl (C=O) groups excluding carboxylic acids is 1. The van der Waals surface area contributed by atoms with E-state index in [-0.39, 0.29) is 12.8 Å². The van der Waals surface area contributed by atoms with Crippen LogP contribution < -0.4 is 0 Å². The maximum atomic E-state index is 10.7. The second-order valence-electron chi connectivity index (χ2n) is 4.15. The third kappa shape index (κ3) is 6.31. The highest BCUT2D eigenvalue weighted by Gasteiger charge is 2.35. The van der Waals surface area contributed by atoms with Crippen molar-refractivity contribution < 1.29 is 24.5 Å². The van der Waals surface area contributed by atoms with E-state index in [9.17, 15) is 45.3 Å². The second-order valence-corrected chi connectivity index (χ2v) is 4.15.